The number of nitrogens with zero attached hydrogens (tertiary/aromatic N) is 3. The zero-order valence-electron chi connectivity index (χ0n) is 17.5. The summed E-state index contributed by atoms with van der Waals surface area (Å²) in [5.41, 5.74) is 4.93. The van der Waals surface area contributed by atoms with Crippen LogP contribution in [0.4, 0.5) is 0 Å². The fourth-order valence-electron chi connectivity index (χ4n) is 4.27. The minimum absolute atomic E-state index is 0.253. The molecule has 2 fully saturated rings. The van der Waals surface area contributed by atoms with Crippen molar-refractivity contribution in [3.63, 3.8) is 0 Å². The van der Waals surface area contributed by atoms with Gasteiger partial charge in [0.15, 0.2) is 11.6 Å². The Morgan fingerprint density at radius 1 is 1.16 bits per heavy atom. The Hall–Kier alpha value is -3.10. The predicted octanol–water partition coefficient (Wildman–Crippen LogP) is 2.83. The van der Waals surface area contributed by atoms with Crippen LogP contribution in [0.2, 0.25) is 0 Å². The van der Waals surface area contributed by atoms with Gasteiger partial charge in [-0.2, -0.15) is 5.10 Å². The zero-order chi connectivity index (χ0) is 21.2. The van der Waals surface area contributed by atoms with E-state index in [0.717, 1.165) is 59.6 Å². The number of hydrogen-bond donors (Lipinski definition) is 3. The van der Waals surface area contributed by atoms with E-state index in [4.69, 9.17) is 20.9 Å². The number of rotatable bonds is 6. The molecular formula is C23H28N6O2. The first kappa shape index (κ1) is 19.8. The molecule has 31 heavy (non-hydrogen) atoms. The smallest absolute Gasteiger partial charge is 0.174 e. The Morgan fingerprint density at radius 2 is 2.00 bits per heavy atom. The fraction of sp³-hybridized carbons (Fsp3) is 0.391. The number of amidine groups is 1. The molecule has 2 aromatic carbocycles. The number of benzene rings is 2. The van der Waals surface area contributed by atoms with Crippen molar-refractivity contribution in [1.82, 2.24) is 15.5 Å². The largest absolute Gasteiger partial charge is 0.490 e. The number of likely N-dealkylation sites (tertiary alicyclic amines) is 1. The van der Waals surface area contributed by atoms with E-state index in [1.807, 2.05) is 42.5 Å². The Labute approximate surface area is 181 Å². The number of piperidine rings is 1. The van der Waals surface area contributed by atoms with Gasteiger partial charge in [0.2, 0.25) is 0 Å². The molecule has 1 aromatic heterocycles. The molecule has 1 saturated carbocycles. The van der Waals surface area contributed by atoms with Crippen molar-refractivity contribution < 1.29 is 9.26 Å². The highest BCUT2D eigenvalue weighted by molar-refractivity contribution is 6.03. The van der Waals surface area contributed by atoms with Crippen LogP contribution in [-0.4, -0.2) is 41.6 Å². The molecule has 5 rings (SSSR count). The van der Waals surface area contributed by atoms with E-state index in [1.54, 1.807) is 0 Å². The van der Waals surface area contributed by atoms with Crippen LogP contribution in [0.25, 0.3) is 22.2 Å². The lowest BCUT2D eigenvalue weighted by Crippen LogP contribution is -2.39. The number of nitrogens with one attached hydrogen (secondary N) is 1. The Balaban J connectivity index is 1.33. The topological polar surface area (TPSA) is 115 Å². The molecule has 0 spiro atoms. The molecular weight excluding hydrogens is 392 g/mol. The molecule has 1 aliphatic carbocycles. The molecule has 8 heteroatoms. The fourth-order valence-corrected chi connectivity index (χ4v) is 4.27. The van der Waals surface area contributed by atoms with E-state index in [1.165, 1.54) is 19.4 Å². The van der Waals surface area contributed by atoms with Gasteiger partial charge < -0.3 is 25.4 Å². The van der Waals surface area contributed by atoms with Gasteiger partial charge in [-0.1, -0.05) is 17.3 Å². The normalized spacial score (nSPS) is 18.4. The van der Waals surface area contributed by atoms with Crippen LogP contribution in [0.5, 0.6) is 5.75 Å². The van der Waals surface area contributed by atoms with Gasteiger partial charge in [-0.15, -0.1) is 0 Å². The highest BCUT2D eigenvalue weighted by atomic mass is 16.5. The van der Waals surface area contributed by atoms with E-state index in [0.29, 0.717) is 11.6 Å². The van der Waals surface area contributed by atoms with Crippen LogP contribution in [0.15, 0.2) is 52.1 Å². The number of hydrogen-bond acceptors (Lipinski definition) is 7. The van der Waals surface area contributed by atoms with E-state index in [2.05, 4.69) is 20.6 Å². The lowest BCUT2D eigenvalue weighted by atomic mass is 10.0. The number of hydrazine groups is 1. The summed E-state index contributed by atoms with van der Waals surface area (Å²) < 4.78 is 12.0. The molecule has 3 aromatic rings. The van der Waals surface area contributed by atoms with Crippen molar-refractivity contribution in [2.24, 2.45) is 22.7 Å². The summed E-state index contributed by atoms with van der Waals surface area (Å²) in [4.78, 5) is 2.58. The first-order chi connectivity index (χ1) is 15.2. The average molecular weight is 421 g/mol. The minimum Gasteiger partial charge on any atom is -0.490 e. The SMILES string of the molecule is N/N=C(\NN)c1ccc2noc(-c3cccc(OC4CCN(CC5CC5)CC4)c3)c2c1. The zero-order valence-corrected chi connectivity index (χ0v) is 17.5. The second kappa shape index (κ2) is 8.56. The van der Waals surface area contributed by atoms with Crippen LogP contribution in [0, 0.1) is 5.92 Å². The predicted molar refractivity (Wildman–Crippen MR) is 120 cm³/mol. The second-order valence-electron chi connectivity index (χ2n) is 8.45. The van der Waals surface area contributed by atoms with Gasteiger partial charge >= 0.3 is 0 Å². The van der Waals surface area contributed by atoms with Crippen LogP contribution in [-0.2, 0) is 0 Å². The van der Waals surface area contributed by atoms with Gasteiger partial charge in [-0.25, -0.2) is 5.84 Å². The summed E-state index contributed by atoms with van der Waals surface area (Å²) in [6.07, 6.45) is 5.20. The number of nitrogens with two attached hydrogens (primary N) is 2. The molecule has 0 bridgehead atoms. The summed E-state index contributed by atoms with van der Waals surface area (Å²) in [6, 6.07) is 13.6. The van der Waals surface area contributed by atoms with Crippen molar-refractivity contribution in [3.8, 4) is 17.1 Å². The molecule has 1 aliphatic heterocycles. The molecule has 162 valence electrons. The Kier molecular flexibility index (Phi) is 5.48. The highest BCUT2D eigenvalue weighted by Gasteiger charge is 2.27. The molecule has 2 heterocycles. The summed E-state index contributed by atoms with van der Waals surface area (Å²) in [5, 5.41) is 8.73. The Morgan fingerprint density at radius 3 is 2.74 bits per heavy atom. The summed E-state index contributed by atoms with van der Waals surface area (Å²) in [6.45, 7) is 3.51. The van der Waals surface area contributed by atoms with Crippen molar-refractivity contribution in [3.05, 3.63) is 48.0 Å². The highest BCUT2D eigenvalue weighted by Crippen LogP contribution is 2.33. The standard InChI is InChI=1S/C23H28N6O2/c24-26-23(27-25)17-6-7-21-20(13-17)22(31-28-21)16-2-1-3-19(12-16)30-18-8-10-29(11-9-18)14-15-4-5-15/h1-3,6-7,12-13,15,18H,4-5,8-11,14,24-25H2,(H,26,27). The van der Waals surface area contributed by atoms with Crippen molar-refractivity contribution in [2.45, 2.75) is 31.8 Å². The molecule has 2 aliphatic rings. The van der Waals surface area contributed by atoms with Gasteiger partial charge in [0, 0.05) is 30.8 Å². The van der Waals surface area contributed by atoms with E-state index in [9.17, 15) is 0 Å². The third kappa shape index (κ3) is 4.35. The number of hydrazone groups is 1. The summed E-state index contributed by atoms with van der Waals surface area (Å²) >= 11 is 0. The number of fused-ring (bicyclic) bond motifs is 1. The van der Waals surface area contributed by atoms with Crippen LogP contribution in [0.3, 0.4) is 0 Å². The quantitative estimate of drug-likeness (QED) is 0.243. The molecule has 0 radical (unpaired) electrons. The minimum atomic E-state index is 0.253. The van der Waals surface area contributed by atoms with Crippen LogP contribution < -0.4 is 21.8 Å². The molecule has 0 unspecified atom stereocenters. The number of ether oxygens (including phenoxy) is 1. The van der Waals surface area contributed by atoms with Gasteiger partial charge in [-0.05, 0) is 61.9 Å². The monoisotopic (exact) mass is 420 g/mol. The van der Waals surface area contributed by atoms with Crippen LogP contribution >= 0.6 is 0 Å². The molecule has 0 atom stereocenters. The van der Waals surface area contributed by atoms with E-state index < -0.39 is 0 Å². The summed E-state index contributed by atoms with van der Waals surface area (Å²) in [7, 11) is 0. The van der Waals surface area contributed by atoms with Crippen molar-refractivity contribution >= 4 is 16.7 Å². The lowest BCUT2D eigenvalue weighted by Gasteiger charge is -2.32. The van der Waals surface area contributed by atoms with E-state index in [-0.39, 0.29) is 6.10 Å². The summed E-state index contributed by atoms with van der Waals surface area (Å²) in [5.74, 6) is 13.8. The van der Waals surface area contributed by atoms with Gasteiger partial charge in [0.1, 0.15) is 17.4 Å². The van der Waals surface area contributed by atoms with Gasteiger partial charge in [-0.3, -0.25) is 0 Å². The number of aromatic nitrogens is 1. The first-order valence-electron chi connectivity index (χ1n) is 10.9. The van der Waals surface area contributed by atoms with E-state index >= 15 is 0 Å². The second-order valence-corrected chi connectivity index (χ2v) is 8.45. The maximum absolute atomic E-state index is 6.32. The third-order valence-corrected chi connectivity index (χ3v) is 6.16. The lowest BCUT2D eigenvalue weighted by molar-refractivity contribution is 0.0981. The molecule has 0 amide bonds. The first-order valence-corrected chi connectivity index (χ1v) is 10.9. The average Bonchev–Trinajstić information content (AvgIpc) is 3.51. The molecule has 5 N–H and O–H groups in total. The molecule has 1 saturated heterocycles. The van der Waals surface area contributed by atoms with Gasteiger partial charge in [0.05, 0.1) is 5.39 Å². The van der Waals surface area contributed by atoms with Crippen molar-refractivity contribution in [1.29, 1.82) is 0 Å². The van der Waals surface area contributed by atoms with Gasteiger partial charge in [0.25, 0.3) is 0 Å². The Bertz CT molecular complexity index is 1080. The molecule has 8 nitrogen and oxygen atoms in total. The van der Waals surface area contributed by atoms with Crippen LogP contribution in [0.1, 0.15) is 31.2 Å². The maximum Gasteiger partial charge on any atom is 0.174 e. The maximum atomic E-state index is 6.32. The third-order valence-electron chi connectivity index (χ3n) is 6.16. The van der Waals surface area contributed by atoms with Crippen molar-refractivity contribution in [2.75, 3.05) is 19.6 Å².